The van der Waals surface area contributed by atoms with Crippen molar-refractivity contribution in [2.24, 2.45) is 0 Å². The number of aliphatic hydroxyl groups excluding tert-OH is 1. The molecule has 0 bridgehead atoms. The van der Waals surface area contributed by atoms with E-state index in [4.69, 9.17) is 9.05 Å². The zero-order chi connectivity index (χ0) is 12.7. The summed E-state index contributed by atoms with van der Waals surface area (Å²) in [6.07, 6.45) is -0.848. The quantitative estimate of drug-likeness (QED) is 0.764. The second kappa shape index (κ2) is 6.92. The number of aliphatic hydroxyl groups is 1. The Labute approximate surface area is 102 Å². The minimum atomic E-state index is -3.19. The lowest BCUT2D eigenvalue weighted by Gasteiger charge is -2.20. The largest absolute Gasteiger partial charge is 0.388 e. The molecule has 0 fully saturated rings. The molecule has 0 saturated carbocycles. The van der Waals surface area contributed by atoms with Crippen molar-refractivity contribution in [1.29, 1.82) is 0 Å². The minimum Gasteiger partial charge on any atom is -0.388 e. The third-order valence-corrected chi connectivity index (χ3v) is 4.33. The first-order valence-corrected chi connectivity index (χ1v) is 7.45. The summed E-state index contributed by atoms with van der Waals surface area (Å²) in [5, 5.41) is 9.98. The molecule has 17 heavy (non-hydrogen) atoms. The maximum Gasteiger partial charge on any atom is 0.333 e. The molecule has 96 valence electrons. The third-order valence-electron chi connectivity index (χ3n) is 2.23. The van der Waals surface area contributed by atoms with Gasteiger partial charge in [0.2, 0.25) is 0 Å². The highest BCUT2D eigenvalue weighted by Gasteiger charge is 2.28. The summed E-state index contributed by atoms with van der Waals surface area (Å²) < 4.78 is 22.5. The fraction of sp³-hybridized carbons (Fsp3) is 0.500. The first-order valence-electron chi connectivity index (χ1n) is 5.72. The highest BCUT2D eigenvalue weighted by Crippen LogP contribution is 2.50. The molecule has 1 N–H and O–H groups in total. The lowest BCUT2D eigenvalue weighted by molar-refractivity contribution is 0.170. The lowest BCUT2D eigenvalue weighted by atomic mass is 10.1. The van der Waals surface area contributed by atoms with Crippen LogP contribution in [0.25, 0.3) is 0 Å². The second-order valence-corrected chi connectivity index (χ2v) is 5.66. The summed E-state index contributed by atoms with van der Waals surface area (Å²) in [6.45, 7) is 4.11. The van der Waals surface area contributed by atoms with Crippen LogP contribution in [0.5, 0.6) is 0 Å². The van der Waals surface area contributed by atoms with Gasteiger partial charge in [-0.2, -0.15) is 0 Å². The van der Waals surface area contributed by atoms with Gasteiger partial charge in [0.15, 0.2) is 0 Å². The van der Waals surface area contributed by atoms with Crippen LogP contribution < -0.4 is 0 Å². The van der Waals surface area contributed by atoms with Crippen LogP contribution in [0.4, 0.5) is 0 Å². The van der Waals surface area contributed by atoms with Gasteiger partial charge < -0.3 is 14.2 Å². The number of rotatable bonds is 7. The smallest absolute Gasteiger partial charge is 0.333 e. The van der Waals surface area contributed by atoms with Gasteiger partial charge in [-0.05, 0) is 19.4 Å². The molecule has 0 aliphatic carbocycles. The van der Waals surface area contributed by atoms with Crippen LogP contribution in [0, 0.1) is 0 Å². The van der Waals surface area contributed by atoms with E-state index in [1.807, 2.05) is 18.2 Å². The summed E-state index contributed by atoms with van der Waals surface area (Å²) in [5.74, 6) is 0. The zero-order valence-corrected chi connectivity index (χ0v) is 11.1. The first kappa shape index (κ1) is 14.4. The molecule has 1 rings (SSSR count). The first-order chi connectivity index (χ1) is 8.11. The molecule has 0 spiro atoms. The van der Waals surface area contributed by atoms with Crippen molar-refractivity contribution in [3.05, 3.63) is 35.9 Å². The van der Waals surface area contributed by atoms with Crippen molar-refractivity contribution in [1.82, 2.24) is 0 Å². The van der Waals surface area contributed by atoms with Gasteiger partial charge in [0, 0.05) is 0 Å². The lowest BCUT2D eigenvalue weighted by Crippen LogP contribution is -2.08. The monoisotopic (exact) mass is 258 g/mol. The number of hydrogen-bond donors (Lipinski definition) is 1. The highest BCUT2D eigenvalue weighted by molar-refractivity contribution is 7.53. The molecule has 0 amide bonds. The van der Waals surface area contributed by atoms with Gasteiger partial charge in [0.1, 0.15) is 0 Å². The molecule has 0 aromatic heterocycles. The molecule has 1 aromatic carbocycles. The van der Waals surface area contributed by atoms with E-state index in [2.05, 4.69) is 0 Å². The van der Waals surface area contributed by atoms with Crippen LogP contribution in [0.15, 0.2) is 30.3 Å². The Hall–Kier alpha value is -0.670. The Kier molecular flexibility index (Phi) is 5.86. The van der Waals surface area contributed by atoms with Gasteiger partial charge in [-0.15, -0.1) is 0 Å². The van der Waals surface area contributed by atoms with E-state index in [9.17, 15) is 9.67 Å². The molecule has 4 nitrogen and oxygen atoms in total. The summed E-state index contributed by atoms with van der Waals surface area (Å²) in [4.78, 5) is 0. The summed E-state index contributed by atoms with van der Waals surface area (Å²) in [5.41, 5.74) is 0.715. The van der Waals surface area contributed by atoms with Gasteiger partial charge in [0.05, 0.1) is 25.5 Å². The van der Waals surface area contributed by atoms with Crippen molar-refractivity contribution in [3.63, 3.8) is 0 Å². The van der Waals surface area contributed by atoms with E-state index in [-0.39, 0.29) is 6.16 Å². The number of hydrogen-bond acceptors (Lipinski definition) is 4. The van der Waals surface area contributed by atoms with Gasteiger partial charge in [-0.1, -0.05) is 30.3 Å². The molecular formula is C12H19O4P. The Morgan fingerprint density at radius 3 is 2.18 bits per heavy atom. The second-order valence-electron chi connectivity index (χ2n) is 3.56. The van der Waals surface area contributed by atoms with Crippen LogP contribution in [0.2, 0.25) is 0 Å². The standard InChI is InChI=1S/C12H19O4P/c1-3-15-17(14,16-4-2)10-12(13)11-8-6-5-7-9-11/h5-9,12-13H,3-4,10H2,1-2H3/t12-/m1/s1. The summed E-state index contributed by atoms with van der Waals surface area (Å²) in [6, 6.07) is 9.08. The Balaban J connectivity index is 2.71. The Morgan fingerprint density at radius 2 is 1.71 bits per heavy atom. The van der Waals surface area contributed by atoms with Crippen molar-refractivity contribution < 1.29 is 18.7 Å². The van der Waals surface area contributed by atoms with Crippen LogP contribution >= 0.6 is 7.60 Å². The number of benzene rings is 1. The van der Waals surface area contributed by atoms with Crippen molar-refractivity contribution in [3.8, 4) is 0 Å². The zero-order valence-electron chi connectivity index (χ0n) is 10.2. The fourth-order valence-corrected chi connectivity index (χ4v) is 3.24. The average molecular weight is 258 g/mol. The Morgan fingerprint density at radius 1 is 1.18 bits per heavy atom. The molecule has 0 unspecified atom stereocenters. The molecule has 0 heterocycles. The van der Waals surface area contributed by atoms with Crippen LogP contribution in [0.1, 0.15) is 25.5 Å². The maximum atomic E-state index is 12.2. The minimum absolute atomic E-state index is 0.0152. The molecule has 0 aliphatic heterocycles. The fourth-order valence-electron chi connectivity index (χ4n) is 1.53. The molecule has 0 aliphatic rings. The van der Waals surface area contributed by atoms with Crippen molar-refractivity contribution in [2.75, 3.05) is 19.4 Å². The molecule has 1 atom stereocenters. The van der Waals surface area contributed by atoms with Crippen LogP contribution in [-0.2, 0) is 13.6 Å². The van der Waals surface area contributed by atoms with Crippen molar-refractivity contribution >= 4 is 7.60 Å². The van der Waals surface area contributed by atoms with Gasteiger partial charge in [-0.3, -0.25) is 4.57 Å². The van der Waals surface area contributed by atoms with E-state index >= 15 is 0 Å². The normalized spacial score (nSPS) is 13.6. The highest BCUT2D eigenvalue weighted by atomic mass is 31.2. The topological polar surface area (TPSA) is 55.8 Å². The van der Waals surface area contributed by atoms with E-state index in [0.717, 1.165) is 0 Å². The summed E-state index contributed by atoms with van der Waals surface area (Å²) in [7, 11) is -3.19. The van der Waals surface area contributed by atoms with Crippen LogP contribution in [-0.4, -0.2) is 24.5 Å². The third kappa shape index (κ3) is 4.60. The molecule has 1 aromatic rings. The average Bonchev–Trinajstić information content (AvgIpc) is 2.30. The van der Waals surface area contributed by atoms with E-state index < -0.39 is 13.7 Å². The van der Waals surface area contributed by atoms with Crippen molar-refractivity contribution in [2.45, 2.75) is 20.0 Å². The van der Waals surface area contributed by atoms with Gasteiger partial charge >= 0.3 is 7.60 Å². The van der Waals surface area contributed by atoms with E-state index in [1.165, 1.54) is 0 Å². The molecule has 0 saturated heterocycles. The maximum absolute atomic E-state index is 12.2. The van der Waals surface area contributed by atoms with E-state index in [0.29, 0.717) is 18.8 Å². The molecular weight excluding hydrogens is 239 g/mol. The summed E-state index contributed by atoms with van der Waals surface area (Å²) >= 11 is 0. The van der Waals surface area contributed by atoms with E-state index in [1.54, 1.807) is 26.0 Å². The Bertz CT molecular complexity index is 356. The SMILES string of the molecule is CCOP(=O)(C[C@@H](O)c1ccccc1)OCC. The van der Waals surface area contributed by atoms with Gasteiger partial charge in [-0.25, -0.2) is 0 Å². The predicted octanol–water partition coefficient (Wildman–Crippen LogP) is 2.99. The predicted molar refractivity (Wildman–Crippen MR) is 67.1 cm³/mol. The van der Waals surface area contributed by atoms with Gasteiger partial charge in [0.25, 0.3) is 0 Å². The molecule has 5 heteroatoms. The van der Waals surface area contributed by atoms with Crippen LogP contribution in [0.3, 0.4) is 0 Å². The molecule has 0 radical (unpaired) electrons.